The fourth-order valence-corrected chi connectivity index (χ4v) is 6.77. The number of carbonyl (C=O) groups is 1. The third kappa shape index (κ3) is 4.17. The Balaban J connectivity index is 1.41. The predicted molar refractivity (Wildman–Crippen MR) is 127 cm³/mol. The topological polar surface area (TPSA) is 55.2 Å². The van der Waals surface area contributed by atoms with Gasteiger partial charge in [0.2, 0.25) is 5.91 Å². The number of hydrogen-bond acceptors (Lipinski definition) is 5. The minimum atomic E-state index is 0.0325. The van der Waals surface area contributed by atoms with Crippen LogP contribution in [0.1, 0.15) is 61.9 Å². The summed E-state index contributed by atoms with van der Waals surface area (Å²) in [7, 11) is 0. The van der Waals surface area contributed by atoms with Crippen LogP contribution in [0.15, 0.2) is 51.7 Å². The van der Waals surface area contributed by atoms with Crippen LogP contribution in [0.2, 0.25) is 0 Å². The molecule has 1 aliphatic carbocycles. The molecule has 1 amide bonds. The fraction of sp³-hybridized carbons (Fsp3) is 0.458. The molecule has 2 aromatic heterocycles. The maximum Gasteiger partial charge on any atom is 0.262 e. The number of aromatic nitrogens is 2. The van der Waals surface area contributed by atoms with Gasteiger partial charge in [-0.3, -0.25) is 14.2 Å². The van der Waals surface area contributed by atoms with Crippen molar-refractivity contribution in [3.8, 4) is 0 Å². The normalized spacial score (nSPS) is 19.9. The summed E-state index contributed by atoms with van der Waals surface area (Å²) in [5, 5.41) is 3.43. The van der Waals surface area contributed by atoms with Crippen LogP contribution in [0, 0.1) is 0 Å². The summed E-state index contributed by atoms with van der Waals surface area (Å²) in [5.41, 5.74) is 0.747. The molecule has 0 spiro atoms. The van der Waals surface area contributed by atoms with E-state index in [9.17, 15) is 9.59 Å². The van der Waals surface area contributed by atoms with E-state index in [4.69, 9.17) is 4.98 Å². The first-order valence-electron chi connectivity index (χ1n) is 11.2. The second kappa shape index (κ2) is 9.17. The monoisotopic (exact) mass is 453 g/mol. The van der Waals surface area contributed by atoms with Gasteiger partial charge in [0.05, 0.1) is 22.7 Å². The summed E-state index contributed by atoms with van der Waals surface area (Å²) >= 11 is 3.15. The fourth-order valence-electron chi connectivity index (χ4n) is 4.94. The van der Waals surface area contributed by atoms with Crippen LogP contribution < -0.4 is 5.56 Å². The number of likely N-dealkylation sites (tertiary alicyclic amines) is 1. The van der Waals surface area contributed by atoms with Crippen LogP contribution in [-0.4, -0.2) is 32.7 Å². The number of fused-ring (bicyclic) bond motifs is 1. The highest BCUT2D eigenvalue weighted by Gasteiger charge is 2.31. The molecule has 5 nitrogen and oxygen atoms in total. The summed E-state index contributed by atoms with van der Waals surface area (Å²) in [6, 6.07) is 12.1. The third-order valence-electron chi connectivity index (χ3n) is 6.48. The number of amides is 1. The number of thioether (sulfide) groups is 1. The first kappa shape index (κ1) is 20.8. The maximum atomic E-state index is 13.4. The van der Waals surface area contributed by atoms with E-state index in [1.807, 2.05) is 33.7 Å². The van der Waals surface area contributed by atoms with Crippen molar-refractivity contribution in [2.45, 2.75) is 62.2 Å². The Hall–Kier alpha value is -2.12. The Morgan fingerprint density at radius 3 is 2.71 bits per heavy atom. The van der Waals surface area contributed by atoms with E-state index in [1.54, 1.807) is 11.3 Å². The molecule has 2 aliphatic rings. The highest BCUT2D eigenvalue weighted by Crippen LogP contribution is 2.36. The minimum Gasteiger partial charge on any atom is -0.334 e. The first-order valence-corrected chi connectivity index (χ1v) is 13.1. The van der Waals surface area contributed by atoms with Crippen molar-refractivity contribution in [3.05, 3.63) is 57.0 Å². The smallest absolute Gasteiger partial charge is 0.262 e. The SMILES string of the molecule is O=C(CSc1nc2ccccc2c(=O)n1C1CCCCC1)N1CCCC1c1cccs1. The zero-order valence-corrected chi connectivity index (χ0v) is 19.2. The molecule has 1 unspecified atom stereocenters. The van der Waals surface area contributed by atoms with Crippen molar-refractivity contribution < 1.29 is 4.79 Å². The molecular weight excluding hydrogens is 426 g/mol. The van der Waals surface area contributed by atoms with Gasteiger partial charge in [-0.15, -0.1) is 11.3 Å². The van der Waals surface area contributed by atoms with Gasteiger partial charge in [-0.25, -0.2) is 4.98 Å². The number of hydrogen-bond donors (Lipinski definition) is 0. The third-order valence-corrected chi connectivity index (χ3v) is 8.40. The van der Waals surface area contributed by atoms with Crippen molar-refractivity contribution in [2.24, 2.45) is 0 Å². The molecule has 0 N–H and O–H groups in total. The van der Waals surface area contributed by atoms with Crippen molar-refractivity contribution in [2.75, 3.05) is 12.3 Å². The van der Waals surface area contributed by atoms with Crippen molar-refractivity contribution >= 4 is 39.9 Å². The number of carbonyl (C=O) groups excluding carboxylic acids is 1. The molecule has 1 atom stereocenters. The number of thiophene rings is 1. The first-order chi connectivity index (χ1) is 15.2. The van der Waals surface area contributed by atoms with Gasteiger partial charge in [0, 0.05) is 17.5 Å². The van der Waals surface area contributed by atoms with Crippen LogP contribution in [0.5, 0.6) is 0 Å². The Kier molecular flexibility index (Phi) is 6.14. The van der Waals surface area contributed by atoms with Gasteiger partial charge in [0.15, 0.2) is 5.16 Å². The Labute approximate surface area is 190 Å². The largest absolute Gasteiger partial charge is 0.334 e. The van der Waals surface area contributed by atoms with E-state index in [-0.39, 0.29) is 23.6 Å². The lowest BCUT2D eigenvalue weighted by molar-refractivity contribution is -0.129. The summed E-state index contributed by atoms with van der Waals surface area (Å²) in [5.74, 6) is 0.456. The Bertz CT molecular complexity index is 1120. The summed E-state index contributed by atoms with van der Waals surface area (Å²) in [6.45, 7) is 0.808. The standard InChI is InChI=1S/C24H27N3O2S2/c28-22(26-14-6-12-20(26)21-13-7-15-30-21)16-31-24-25-19-11-5-4-10-18(19)23(29)27(24)17-8-2-1-3-9-17/h4-5,7,10-11,13,15,17,20H,1-3,6,8-9,12,14,16H2. The lowest BCUT2D eigenvalue weighted by atomic mass is 9.95. The van der Waals surface area contributed by atoms with Crippen molar-refractivity contribution in [3.63, 3.8) is 0 Å². The molecular formula is C24H27N3O2S2. The van der Waals surface area contributed by atoms with E-state index in [0.717, 1.165) is 45.1 Å². The molecule has 31 heavy (non-hydrogen) atoms. The molecule has 1 aromatic carbocycles. The van der Waals surface area contributed by atoms with Crippen LogP contribution >= 0.6 is 23.1 Å². The van der Waals surface area contributed by atoms with E-state index >= 15 is 0 Å². The highest BCUT2D eigenvalue weighted by molar-refractivity contribution is 7.99. The van der Waals surface area contributed by atoms with Crippen LogP contribution in [0.4, 0.5) is 0 Å². The van der Waals surface area contributed by atoms with E-state index < -0.39 is 0 Å². The number of nitrogens with zero attached hydrogens (tertiary/aromatic N) is 3. The second-order valence-electron chi connectivity index (χ2n) is 8.43. The van der Waals surface area contributed by atoms with E-state index in [0.29, 0.717) is 21.8 Å². The molecule has 3 heterocycles. The van der Waals surface area contributed by atoms with Gasteiger partial charge in [-0.1, -0.05) is 49.2 Å². The average molecular weight is 454 g/mol. The zero-order chi connectivity index (χ0) is 21.2. The lowest BCUT2D eigenvalue weighted by Crippen LogP contribution is -2.32. The molecule has 2 fully saturated rings. The molecule has 7 heteroatoms. The molecule has 1 saturated carbocycles. The zero-order valence-electron chi connectivity index (χ0n) is 17.5. The van der Waals surface area contributed by atoms with Crippen LogP contribution in [-0.2, 0) is 4.79 Å². The maximum absolute atomic E-state index is 13.4. The van der Waals surface area contributed by atoms with Crippen molar-refractivity contribution in [1.29, 1.82) is 0 Å². The highest BCUT2D eigenvalue weighted by atomic mass is 32.2. The Morgan fingerprint density at radius 2 is 1.90 bits per heavy atom. The summed E-state index contributed by atoms with van der Waals surface area (Å²) in [6.07, 6.45) is 7.60. The average Bonchev–Trinajstić information content (AvgIpc) is 3.50. The summed E-state index contributed by atoms with van der Waals surface area (Å²) < 4.78 is 1.89. The molecule has 5 rings (SSSR count). The van der Waals surface area contributed by atoms with E-state index in [2.05, 4.69) is 17.5 Å². The molecule has 0 radical (unpaired) electrons. The number of para-hydroxylation sites is 1. The van der Waals surface area contributed by atoms with Gasteiger partial charge in [-0.2, -0.15) is 0 Å². The van der Waals surface area contributed by atoms with E-state index in [1.165, 1.54) is 23.1 Å². The molecule has 1 aliphatic heterocycles. The number of rotatable bonds is 5. The van der Waals surface area contributed by atoms with Gasteiger partial charge in [0.1, 0.15) is 0 Å². The molecule has 3 aromatic rings. The number of benzene rings is 1. The van der Waals surface area contributed by atoms with Crippen molar-refractivity contribution in [1.82, 2.24) is 14.5 Å². The quantitative estimate of drug-likeness (QED) is 0.382. The summed E-state index contributed by atoms with van der Waals surface area (Å²) in [4.78, 5) is 34.6. The van der Waals surface area contributed by atoms with Crippen LogP contribution in [0.25, 0.3) is 10.9 Å². The molecule has 1 saturated heterocycles. The molecule has 162 valence electrons. The van der Waals surface area contributed by atoms with Gasteiger partial charge < -0.3 is 4.90 Å². The van der Waals surface area contributed by atoms with Gasteiger partial charge in [0.25, 0.3) is 5.56 Å². The minimum absolute atomic E-state index is 0.0325. The van der Waals surface area contributed by atoms with Gasteiger partial charge in [-0.05, 0) is 49.3 Å². The lowest BCUT2D eigenvalue weighted by Gasteiger charge is -2.27. The van der Waals surface area contributed by atoms with Crippen LogP contribution in [0.3, 0.4) is 0 Å². The molecule has 0 bridgehead atoms. The second-order valence-corrected chi connectivity index (χ2v) is 10.3. The van der Waals surface area contributed by atoms with Gasteiger partial charge >= 0.3 is 0 Å². The predicted octanol–water partition coefficient (Wildman–Crippen LogP) is 5.42. The Morgan fingerprint density at radius 1 is 1.06 bits per heavy atom.